The van der Waals surface area contributed by atoms with Crippen LogP contribution in [0, 0.1) is 0 Å². The molecule has 0 saturated carbocycles. The van der Waals surface area contributed by atoms with Gasteiger partial charge in [0.15, 0.2) is 0 Å². The maximum absolute atomic E-state index is 11.1. The molecule has 0 aromatic heterocycles. The van der Waals surface area contributed by atoms with Gasteiger partial charge in [-0.2, -0.15) is 0 Å². The Morgan fingerprint density at radius 1 is 1.35 bits per heavy atom. The van der Waals surface area contributed by atoms with Crippen LogP contribution in [0.15, 0.2) is 18.2 Å². The second kappa shape index (κ2) is 6.24. The number of halogens is 1. The molecule has 0 heterocycles. The Morgan fingerprint density at radius 3 is 2.35 bits per heavy atom. The number of rotatable bonds is 5. The van der Waals surface area contributed by atoms with Crippen molar-refractivity contribution in [3.8, 4) is 0 Å². The van der Waals surface area contributed by atoms with Crippen LogP contribution in [0.1, 0.15) is 36.7 Å². The first-order chi connectivity index (χ1) is 9.11. The Labute approximate surface area is 123 Å². The molecule has 5 nitrogen and oxygen atoms in total. The van der Waals surface area contributed by atoms with E-state index in [4.69, 9.17) is 22.4 Å². The molecule has 1 rings (SSSR count). The number of hydrogen-bond acceptors (Lipinski definition) is 3. The largest absolute Gasteiger partial charge is 0.480 e. The van der Waals surface area contributed by atoms with E-state index in [0.717, 1.165) is 5.56 Å². The molecule has 0 bridgehead atoms. The van der Waals surface area contributed by atoms with Gasteiger partial charge < -0.3 is 10.8 Å². The van der Waals surface area contributed by atoms with Gasteiger partial charge in [-0.15, -0.1) is 0 Å². The van der Waals surface area contributed by atoms with Crippen molar-refractivity contribution in [1.82, 2.24) is 4.90 Å². The summed E-state index contributed by atoms with van der Waals surface area (Å²) in [6.45, 7) is 6.09. The van der Waals surface area contributed by atoms with Gasteiger partial charge in [-0.1, -0.05) is 17.7 Å². The van der Waals surface area contributed by atoms with Crippen molar-refractivity contribution >= 4 is 23.5 Å². The van der Waals surface area contributed by atoms with E-state index in [1.54, 1.807) is 17.0 Å². The molecule has 1 aromatic carbocycles. The highest BCUT2D eigenvalue weighted by Crippen LogP contribution is 2.23. The predicted octanol–water partition coefficient (Wildman–Crippen LogP) is 2.12. The van der Waals surface area contributed by atoms with Gasteiger partial charge in [0.25, 0.3) is 0 Å². The van der Waals surface area contributed by atoms with Crippen molar-refractivity contribution in [2.24, 2.45) is 5.73 Å². The molecule has 20 heavy (non-hydrogen) atoms. The standard InChI is InChI=1S/C14H19ClN2O3/c1-14(2,3)17(8-12(18)19)7-10-5-4-9(13(16)20)6-11(10)15/h4-6H,7-8H2,1-3H3,(H2,16,20)(H,18,19). The number of primary amides is 1. The van der Waals surface area contributed by atoms with Gasteiger partial charge in [0.05, 0.1) is 6.54 Å². The summed E-state index contributed by atoms with van der Waals surface area (Å²) in [5.74, 6) is -1.44. The summed E-state index contributed by atoms with van der Waals surface area (Å²) in [5, 5.41) is 9.38. The number of nitrogens with two attached hydrogens (primary N) is 1. The van der Waals surface area contributed by atoms with E-state index in [-0.39, 0.29) is 12.1 Å². The van der Waals surface area contributed by atoms with Crippen molar-refractivity contribution in [1.29, 1.82) is 0 Å². The number of nitrogens with zero attached hydrogens (tertiary/aromatic N) is 1. The average molecular weight is 299 g/mol. The molecular formula is C14H19ClN2O3. The SMILES string of the molecule is CC(C)(C)N(CC(=O)O)Cc1ccc(C(N)=O)cc1Cl. The van der Waals surface area contributed by atoms with Crippen LogP contribution in [0.4, 0.5) is 0 Å². The fourth-order valence-electron chi connectivity index (χ4n) is 1.73. The lowest BCUT2D eigenvalue weighted by atomic mass is 10.0. The van der Waals surface area contributed by atoms with Crippen LogP contribution < -0.4 is 5.73 Å². The first-order valence-corrected chi connectivity index (χ1v) is 6.54. The van der Waals surface area contributed by atoms with Crippen molar-refractivity contribution in [3.05, 3.63) is 34.3 Å². The third kappa shape index (κ3) is 4.51. The molecule has 1 aromatic rings. The van der Waals surface area contributed by atoms with E-state index in [0.29, 0.717) is 17.1 Å². The molecule has 110 valence electrons. The van der Waals surface area contributed by atoms with E-state index in [1.807, 2.05) is 20.8 Å². The molecule has 0 radical (unpaired) electrons. The zero-order valence-electron chi connectivity index (χ0n) is 11.8. The topological polar surface area (TPSA) is 83.6 Å². The summed E-state index contributed by atoms with van der Waals surface area (Å²) in [6, 6.07) is 4.79. The molecule has 0 atom stereocenters. The molecule has 0 unspecified atom stereocenters. The molecule has 0 fully saturated rings. The Balaban J connectivity index is 3.00. The van der Waals surface area contributed by atoms with Crippen molar-refractivity contribution in [2.45, 2.75) is 32.9 Å². The van der Waals surface area contributed by atoms with E-state index < -0.39 is 11.9 Å². The molecular weight excluding hydrogens is 280 g/mol. The van der Waals surface area contributed by atoms with Gasteiger partial charge in [-0.3, -0.25) is 14.5 Å². The zero-order valence-corrected chi connectivity index (χ0v) is 12.6. The summed E-state index contributed by atoms with van der Waals surface area (Å²) in [5.41, 5.74) is 5.96. The minimum Gasteiger partial charge on any atom is -0.480 e. The Hall–Kier alpha value is -1.59. The van der Waals surface area contributed by atoms with Crippen LogP contribution in [0.25, 0.3) is 0 Å². The molecule has 6 heteroatoms. The van der Waals surface area contributed by atoms with Gasteiger partial charge in [-0.05, 0) is 38.5 Å². The van der Waals surface area contributed by atoms with E-state index in [9.17, 15) is 9.59 Å². The monoisotopic (exact) mass is 298 g/mol. The lowest BCUT2D eigenvalue weighted by Gasteiger charge is -2.34. The van der Waals surface area contributed by atoms with Crippen molar-refractivity contribution in [3.63, 3.8) is 0 Å². The number of carbonyl (C=O) groups excluding carboxylic acids is 1. The summed E-state index contributed by atoms with van der Waals surface area (Å²) in [7, 11) is 0. The third-order valence-corrected chi connectivity index (χ3v) is 3.33. The van der Waals surface area contributed by atoms with Crippen LogP contribution in [0.5, 0.6) is 0 Å². The lowest BCUT2D eigenvalue weighted by Crippen LogP contribution is -2.43. The number of carboxylic acid groups (broad SMARTS) is 1. The zero-order chi connectivity index (χ0) is 15.5. The van der Waals surface area contributed by atoms with Crippen LogP contribution in [0.2, 0.25) is 5.02 Å². The normalized spacial score (nSPS) is 11.7. The smallest absolute Gasteiger partial charge is 0.317 e. The highest BCUT2D eigenvalue weighted by Gasteiger charge is 2.24. The Kier molecular flexibility index (Phi) is 5.14. The highest BCUT2D eigenvalue weighted by atomic mass is 35.5. The number of aliphatic carboxylic acids is 1. The number of hydrogen-bond donors (Lipinski definition) is 2. The molecule has 3 N–H and O–H groups in total. The summed E-state index contributed by atoms with van der Waals surface area (Å²) < 4.78 is 0. The van der Waals surface area contributed by atoms with Crippen LogP contribution >= 0.6 is 11.6 Å². The maximum Gasteiger partial charge on any atom is 0.317 e. The number of benzene rings is 1. The fraction of sp³-hybridized carbons (Fsp3) is 0.429. The van der Waals surface area contributed by atoms with Crippen LogP contribution in [-0.4, -0.2) is 34.0 Å². The Morgan fingerprint density at radius 2 is 1.95 bits per heavy atom. The minimum atomic E-state index is -0.898. The van der Waals surface area contributed by atoms with Gasteiger partial charge in [0.1, 0.15) is 0 Å². The maximum atomic E-state index is 11.1. The van der Waals surface area contributed by atoms with Gasteiger partial charge in [0.2, 0.25) is 5.91 Å². The summed E-state index contributed by atoms with van der Waals surface area (Å²) in [6.07, 6.45) is 0. The number of carbonyl (C=O) groups is 2. The molecule has 0 saturated heterocycles. The second-order valence-electron chi connectivity index (χ2n) is 5.59. The van der Waals surface area contributed by atoms with Gasteiger partial charge in [0, 0.05) is 22.7 Å². The minimum absolute atomic E-state index is 0.0859. The summed E-state index contributed by atoms with van der Waals surface area (Å²) in [4.78, 5) is 23.8. The molecule has 0 spiro atoms. The molecule has 1 amide bonds. The fourth-order valence-corrected chi connectivity index (χ4v) is 1.97. The first-order valence-electron chi connectivity index (χ1n) is 6.16. The molecule has 0 aliphatic heterocycles. The number of carboxylic acids is 1. The quantitative estimate of drug-likeness (QED) is 0.872. The van der Waals surface area contributed by atoms with Crippen molar-refractivity contribution in [2.75, 3.05) is 6.54 Å². The van der Waals surface area contributed by atoms with Crippen molar-refractivity contribution < 1.29 is 14.7 Å². The van der Waals surface area contributed by atoms with E-state index in [1.165, 1.54) is 6.07 Å². The Bertz CT molecular complexity index is 524. The molecule has 0 aliphatic rings. The van der Waals surface area contributed by atoms with E-state index >= 15 is 0 Å². The average Bonchev–Trinajstić information content (AvgIpc) is 2.28. The lowest BCUT2D eigenvalue weighted by molar-refractivity contribution is -0.139. The third-order valence-electron chi connectivity index (χ3n) is 2.97. The van der Waals surface area contributed by atoms with E-state index in [2.05, 4.69) is 0 Å². The highest BCUT2D eigenvalue weighted by molar-refractivity contribution is 6.31. The predicted molar refractivity (Wildman–Crippen MR) is 77.8 cm³/mol. The van der Waals surface area contributed by atoms with Crippen LogP contribution in [-0.2, 0) is 11.3 Å². The van der Waals surface area contributed by atoms with Gasteiger partial charge >= 0.3 is 5.97 Å². The molecule has 0 aliphatic carbocycles. The van der Waals surface area contributed by atoms with Gasteiger partial charge in [-0.25, -0.2) is 0 Å². The van der Waals surface area contributed by atoms with Crippen LogP contribution in [0.3, 0.4) is 0 Å². The summed E-state index contributed by atoms with van der Waals surface area (Å²) >= 11 is 6.12. The first kappa shape index (κ1) is 16.5. The number of amides is 1. The second-order valence-corrected chi connectivity index (χ2v) is 6.00.